The van der Waals surface area contributed by atoms with Crippen molar-refractivity contribution >= 4 is 11.9 Å². The summed E-state index contributed by atoms with van der Waals surface area (Å²) in [4.78, 5) is 24.8. The fourth-order valence-electron chi connectivity index (χ4n) is 3.09. The first-order valence-electron chi connectivity index (χ1n) is 6.49. The molecule has 0 saturated heterocycles. The summed E-state index contributed by atoms with van der Waals surface area (Å²) in [7, 11) is 0. The SMILES string of the molecule is CCC1CCCC(C(=O)O)(N(CC)C(C)=O)C1. The molecule has 1 amide bonds. The standard InChI is InChI=1S/C13H23NO3/c1-4-11-7-6-8-13(9-11,12(16)17)14(5-2)10(3)15/h11H,4-9H2,1-3H3,(H,16,17). The average Bonchev–Trinajstić information content (AvgIpc) is 2.29. The lowest BCUT2D eigenvalue weighted by Crippen LogP contribution is -2.58. The van der Waals surface area contributed by atoms with Gasteiger partial charge in [-0.1, -0.05) is 26.2 Å². The number of carbonyl (C=O) groups is 2. The molecule has 1 saturated carbocycles. The monoisotopic (exact) mass is 241 g/mol. The van der Waals surface area contributed by atoms with Crippen molar-refractivity contribution in [3.8, 4) is 0 Å². The Morgan fingerprint density at radius 3 is 2.47 bits per heavy atom. The van der Waals surface area contributed by atoms with E-state index in [-0.39, 0.29) is 5.91 Å². The Morgan fingerprint density at radius 1 is 1.41 bits per heavy atom. The van der Waals surface area contributed by atoms with E-state index in [0.717, 1.165) is 19.3 Å². The van der Waals surface area contributed by atoms with Crippen molar-refractivity contribution in [2.24, 2.45) is 5.92 Å². The van der Waals surface area contributed by atoms with Gasteiger partial charge in [-0.3, -0.25) is 4.79 Å². The van der Waals surface area contributed by atoms with E-state index in [1.54, 1.807) is 0 Å². The summed E-state index contributed by atoms with van der Waals surface area (Å²) in [6.07, 6.45) is 4.17. The van der Waals surface area contributed by atoms with E-state index < -0.39 is 11.5 Å². The molecule has 0 heterocycles. The third-order valence-corrected chi connectivity index (χ3v) is 4.02. The van der Waals surface area contributed by atoms with Crippen LogP contribution in [0.2, 0.25) is 0 Å². The highest BCUT2D eigenvalue weighted by molar-refractivity contribution is 5.86. The molecule has 1 fully saturated rings. The molecule has 98 valence electrons. The van der Waals surface area contributed by atoms with Gasteiger partial charge in [-0.15, -0.1) is 0 Å². The van der Waals surface area contributed by atoms with Crippen LogP contribution in [-0.4, -0.2) is 34.0 Å². The Balaban J connectivity index is 3.03. The van der Waals surface area contributed by atoms with E-state index >= 15 is 0 Å². The van der Waals surface area contributed by atoms with E-state index in [2.05, 4.69) is 6.92 Å². The summed E-state index contributed by atoms with van der Waals surface area (Å²) >= 11 is 0. The van der Waals surface area contributed by atoms with Crippen LogP contribution in [0, 0.1) is 5.92 Å². The number of carboxylic acids is 1. The van der Waals surface area contributed by atoms with Gasteiger partial charge in [0, 0.05) is 13.5 Å². The van der Waals surface area contributed by atoms with Gasteiger partial charge in [0.1, 0.15) is 5.54 Å². The summed E-state index contributed by atoms with van der Waals surface area (Å²) in [6.45, 7) is 5.87. The van der Waals surface area contributed by atoms with Crippen LogP contribution in [0.15, 0.2) is 0 Å². The van der Waals surface area contributed by atoms with Crippen molar-refractivity contribution in [2.75, 3.05) is 6.54 Å². The van der Waals surface area contributed by atoms with Crippen LogP contribution in [0.1, 0.15) is 52.9 Å². The molecule has 17 heavy (non-hydrogen) atoms. The first kappa shape index (κ1) is 14.0. The van der Waals surface area contributed by atoms with E-state index in [1.165, 1.54) is 11.8 Å². The highest BCUT2D eigenvalue weighted by Gasteiger charge is 2.47. The second-order valence-corrected chi connectivity index (χ2v) is 4.97. The zero-order chi connectivity index (χ0) is 13.1. The Morgan fingerprint density at radius 2 is 2.06 bits per heavy atom. The molecule has 1 aliphatic rings. The van der Waals surface area contributed by atoms with E-state index in [0.29, 0.717) is 25.3 Å². The average molecular weight is 241 g/mol. The molecule has 1 rings (SSSR count). The normalized spacial score (nSPS) is 28.8. The molecular formula is C13H23NO3. The molecule has 2 unspecified atom stereocenters. The number of hydrogen-bond donors (Lipinski definition) is 1. The summed E-state index contributed by atoms with van der Waals surface area (Å²) in [6, 6.07) is 0. The number of carbonyl (C=O) groups excluding carboxylic acids is 1. The minimum atomic E-state index is -0.959. The van der Waals surface area contributed by atoms with Gasteiger partial charge in [0.2, 0.25) is 5.91 Å². The van der Waals surface area contributed by atoms with Crippen molar-refractivity contribution in [2.45, 2.75) is 58.4 Å². The van der Waals surface area contributed by atoms with Crippen LogP contribution in [0.3, 0.4) is 0 Å². The molecular weight excluding hydrogens is 218 g/mol. The van der Waals surface area contributed by atoms with E-state index in [4.69, 9.17) is 0 Å². The quantitative estimate of drug-likeness (QED) is 0.821. The summed E-state index contributed by atoms with van der Waals surface area (Å²) in [5, 5.41) is 9.56. The second kappa shape index (κ2) is 5.52. The van der Waals surface area contributed by atoms with Crippen LogP contribution < -0.4 is 0 Å². The summed E-state index contributed by atoms with van der Waals surface area (Å²) < 4.78 is 0. The summed E-state index contributed by atoms with van der Waals surface area (Å²) in [5.74, 6) is -0.549. The molecule has 2 atom stereocenters. The van der Waals surface area contributed by atoms with Crippen LogP contribution in [0.25, 0.3) is 0 Å². The van der Waals surface area contributed by atoms with Gasteiger partial charge >= 0.3 is 5.97 Å². The fraction of sp³-hybridized carbons (Fsp3) is 0.846. The number of hydrogen-bond acceptors (Lipinski definition) is 2. The van der Waals surface area contributed by atoms with Crippen molar-refractivity contribution in [1.82, 2.24) is 4.90 Å². The molecule has 0 spiro atoms. The van der Waals surface area contributed by atoms with Crippen molar-refractivity contribution < 1.29 is 14.7 Å². The first-order chi connectivity index (χ1) is 7.97. The Bertz CT molecular complexity index is 303. The highest BCUT2D eigenvalue weighted by atomic mass is 16.4. The van der Waals surface area contributed by atoms with Gasteiger partial charge in [0.05, 0.1) is 0 Å². The van der Waals surface area contributed by atoms with Crippen LogP contribution >= 0.6 is 0 Å². The van der Waals surface area contributed by atoms with Crippen LogP contribution in [0.5, 0.6) is 0 Å². The molecule has 0 aromatic carbocycles. The zero-order valence-electron chi connectivity index (χ0n) is 11.0. The topological polar surface area (TPSA) is 57.6 Å². The number of rotatable bonds is 4. The molecule has 0 bridgehead atoms. The third kappa shape index (κ3) is 2.61. The molecule has 0 radical (unpaired) electrons. The number of carboxylic acid groups (broad SMARTS) is 1. The smallest absolute Gasteiger partial charge is 0.329 e. The largest absolute Gasteiger partial charge is 0.479 e. The Kier molecular flexibility index (Phi) is 4.54. The molecule has 4 heteroatoms. The number of amides is 1. The lowest BCUT2D eigenvalue weighted by Gasteiger charge is -2.44. The van der Waals surface area contributed by atoms with Gasteiger partial charge in [-0.2, -0.15) is 0 Å². The molecule has 0 aromatic rings. The van der Waals surface area contributed by atoms with Crippen LogP contribution in [-0.2, 0) is 9.59 Å². The van der Waals surface area contributed by atoms with Gasteiger partial charge in [0.15, 0.2) is 0 Å². The van der Waals surface area contributed by atoms with Crippen molar-refractivity contribution in [3.05, 3.63) is 0 Å². The summed E-state index contributed by atoms with van der Waals surface area (Å²) in [5.41, 5.74) is -0.959. The maximum atomic E-state index is 11.6. The number of likely N-dealkylation sites (N-methyl/N-ethyl adjacent to an activating group) is 1. The Hall–Kier alpha value is -1.06. The molecule has 0 aromatic heterocycles. The first-order valence-corrected chi connectivity index (χ1v) is 6.49. The van der Waals surface area contributed by atoms with Gasteiger partial charge < -0.3 is 10.0 Å². The molecule has 1 aliphatic carbocycles. The van der Waals surface area contributed by atoms with Crippen molar-refractivity contribution in [3.63, 3.8) is 0 Å². The molecule has 1 N–H and O–H groups in total. The predicted molar refractivity (Wildman–Crippen MR) is 65.7 cm³/mol. The second-order valence-electron chi connectivity index (χ2n) is 4.97. The minimum absolute atomic E-state index is 0.133. The van der Waals surface area contributed by atoms with Crippen molar-refractivity contribution in [1.29, 1.82) is 0 Å². The maximum Gasteiger partial charge on any atom is 0.329 e. The highest BCUT2D eigenvalue weighted by Crippen LogP contribution is 2.38. The minimum Gasteiger partial charge on any atom is -0.479 e. The number of nitrogens with zero attached hydrogens (tertiary/aromatic N) is 1. The van der Waals surface area contributed by atoms with E-state index in [9.17, 15) is 14.7 Å². The molecule has 4 nitrogen and oxygen atoms in total. The fourth-order valence-corrected chi connectivity index (χ4v) is 3.09. The predicted octanol–water partition coefficient (Wildman–Crippen LogP) is 2.28. The third-order valence-electron chi connectivity index (χ3n) is 4.02. The van der Waals surface area contributed by atoms with Gasteiger partial charge in [-0.25, -0.2) is 4.79 Å². The molecule has 0 aliphatic heterocycles. The maximum absolute atomic E-state index is 11.6. The Labute approximate surface area is 103 Å². The van der Waals surface area contributed by atoms with Gasteiger partial charge in [-0.05, 0) is 25.7 Å². The van der Waals surface area contributed by atoms with Gasteiger partial charge in [0.25, 0.3) is 0 Å². The lowest BCUT2D eigenvalue weighted by atomic mass is 9.73. The van der Waals surface area contributed by atoms with Crippen LogP contribution in [0.4, 0.5) is 0 Å². The number of aliphatic carboxylic acids is 1. The zero-order valence-corrected chi connectivity index (χ0v) is 11.0. The lowest BCUT2D eigenvalue weighted by molar-refractivity contribution is -0.162. The van der Waals surface area contributed by atoms with E-state index in [1.807, 2.05) is 6.92 Å².